The Hall–Kier alpha value is -1.12. The van der Waals surface area contributed by atoms with E-state index in [1.165, 1.54) is 6.07 Å². The molecule has 70 valence electrons. The molecule has 1 nitrogen and oxygen atoms in total. The molecule has 1 unspecified atom stereocenters. The Morgan fingerprint density at radius 1 is 1.38 bits per heavy atom. The summed E-state index contributed by atoms with van der Waals surface area (Å²) in [6.07, 6.45) is 0.219. The topological polar surface area (TPSA) is 12.0 Å². The van der Waals surface area contributed by atoms with E-state index >= 15 is 0 Å². The summed E-state index contributed by atoms with van der Waals surface area (Å²) in [4.78, 5) is 0. The van der Waals surface area contributed by atoms with Gasteiger partial charge in [-0.05, 0) is 24.5 Å². The first-order valence-corrected chi connectivity index (χ1v) is 4.42. The molecule has 0 fully saturated rings. The van der Waals surface area contributed by atoms with Crippen LogP contribution in [0.5, 0.6) is 0 Å². The number of alkyl halides is 1. The van der Waals surface area contributed by atoms with E-state index in [1.54, 1.807) is 6.07 Å². The molecule has 0 amide bonds. The lowest BCUT2D eigenvalue weighted by Gasteiger charge is -2.07. The summed E-state index contributed by atoms with van der Waals surface area (Å²) in [6, 6.07) is 4.89. The van der Waals surface area contributed by atoms with Crippen LogP contribution in [0, 0.1) is 5.82 Å². The molecule has 0 radical (unpaired) electrons. The first-order chi connectivity index (χ1) is 6.27. The third-order valence-electron chi connectivity index (χ3n) is 2.33. The smallest absolute Gasteiger partial charge is 0.146 e. The number of benzene rings is 1. The average Bonchev–Trinajstić information content (AvgIpc) is 2.30. The maximum Gasteiger partial charge on any atom is 0.146 e. The van der Waals surface area contributed by atoms with Gasteiger partial charge >= 0.3 is 0 Å². The Morgan fingerprint density at radius 2 is 2.23 bits per heavy atom. The second-order valence-corrected chi connectivity index (χ2v) is 3.29. The molecule has 0 spiro atoms. The van der Waals surface area contributed by atoms with Crippen molar-refractivity contribution in [2.45, 2.75) is 19.0 Å². The van der Waals surface area contributed by atoms with Crippen LogP contribution in [0.15, 0.2) is 18.2 Å². The molecule has 13 heavy (non-hydrogen) atoms. The molecule has 1 N–H and O–H groups in total. The fourth-order valence-corrected chi connectivity index (χ4v) is 1.60. The molecule has 0 aromatic heterocycles. The predicted octanol–water partition coefficient (Wildman–Crippen LogP) is 2.52. The number of aryl methyl sites for hydroxylation is 1. The van der Waals surface area contributed by atoms with E-state index < -0.39 is 6.17 Å². The van der Waals surface area contributed by atoms with Gasteiger partial charge in [-0.1, -0.05) is 12.1 Å². The van der Waals surface area contributed by atoms with Crippen LogP contribution in [0.25, 0.3) is 0 Å². The second-order valence-electron chi connectivity index (χ2n) is 3.29. The SMILES string of the molecule is Fc1cccc2c1NCC(F)CC2. The average molecular weight is 183 g/mol. The summed E-state index contributed by atoms with van der Waals surface area (Å²) in [6.45, 7) is 0.216. The summed E-state index contributed by atoms with van der Waals surface area (Å²) in [5.74, 6) is -0.286. The lowest BCUT2D eigenvalue weighted by atomic mass is 10.1. The van der Waals surface area contributed by atoms with Crippen molar-refractivity contribution in [1.82, 2.24) is 0 Å². The minimum absolute atomic E-state index is 0.216. The van der Waals surface area contributed by atoms with Gasteiger partial charge < -0.3 is 5.32 Å². The van der Waals surface area contributed by atoms with Gasteiger partial charge in [-0.2, -0.15) is 0 Å². The van der Waals surface area contributed by atoms with Crippen molar-refractivity contribution in [3.05, 3.63) is 29.6 Å². The molecule has 3 heteroatoms. The highest BCUT2D eigenvalue weighted by Crippen LogP contribution is 2.24. The summed E-state index contributed by atoms with van der Waals surface area (Å²) >= 11 is 0. The Labute approximate surface area is 75.8 Å². The molecule has 1 atom stereocenters. The van der Waals surface area contributed by atoms with E-state index in [0.29, 0.717) is 18.5 Å². The Kier molecular flexibility index (Phi) is 2.17. The van der Waals surface area contributed by atoms with Crippen LogP contribution in [0.3, 0.4) is 0 Å². The van der Waals surface area contributed by atoms with E-state index in [4.69, 9.17) is 0 Å². The lowest BCUT2D eigenvalue weighted by molar-refractivity contribution is 0.333. The minimum Gasteiger partial charge on any atom is -0.380 e. The van der Waals surface area contributed by atoms with Gasteiger partial charge in [0.05, 0.1) is 5.69 Å². The highest BCUT2D eigenvalue weighted by molar-refractivity contribution is 5.53. The lowest BCUT2D eigenvalue weighted by Crippen LogP contribution is -2.12. The highest BCUT2D eigenvalue weighted by Gasteiger charge is 2.16. The number of nitrogens with one attached hydrogen (secondary N) is 1. The zero-order chi connectivity index (χ0) is 9.26. The summed E-state index contributed by atoms with van der Waals surface area (Å²) in [5.41, 5.74) is 1.35. The number of anilines is 1. The standard InChI is InChI=1S/C10H11F2N/c11-8-5-4-7-2-1-3-9(12)10(7)13-6-8/h1-3,8,13H,4-6H2. The van der Waals surface area contributed by atoms with Gasteiger partial charge in [-0.15, -0.1) is 0 Å². The summed E-state index contributed by atoms with van der Waals surface area (Å²) in [5, 5.41) is 2.79. The molecular formula is C10H11F2N. The van der Waals surface area contributed by atoms with Crippen LogP contribution >= 0.6 is 0 Å². The van der Waals surface area contributed by atoms with Crippen molar-refractivity contribution in [3.8, 4) is 0 Å². The van der Waals surface area contributed by atoms with Gasteiger partial charge in [-0.25, -0.2) is 8.78 Å². The zero-order valence-electron chi connectivity index (χ0n) is 7.19. The van der Waals surface area contributed by atoms with E-state index in [1.807, 2.05) is 6.07 Å². The Bertz CT molecular complexity index is 312. The van der Waals surface area contributed by atoms with Crippen LogP contribution in [-0.4, -0.2) is 12.7 Å². The quantitative estimate of drug-likeness (QED) is 0.651. The molecule has 0 saturated heterocycles. The van der Waals surface area contributed by atoms with E-state index in [0.717, 1.165) is 5.56 Å². The van der Waals surface area contributed by atoms with Gasteiger partial charge in [0.2, 0.25) is 0 Å². The molecule has 1 aromatic rings. The maximum atomic E-state index is 13.2. The molecule has 1 heterocycles. The third kappa shape index (κ3) is 1.64. The van der Waals surface area contributed by atoms with E-state index in [9.17, 15) is 8.78 Å². The minimum atomic E-state index is -0.869. The molecule has 1 aliphatic heterocycles. The first kappa shape index (κ1) is 8.48. The summed E-state index contributed by atoms with van der Waals surface area (Å²) in [7, 11) is 0. The number of hydrogen-bond donors (Lipinski definition) is 1. The molecular weight excluding hydrogens is 172 g/mol. The maximum absolute atomic E-state index is 13.2. The molecule has 1 aromatic carbocycles. The molecule has 2 rings (SSSR count). The van der Waals surface area contributed by atoms with E-state index in [-0.39, 0.29) is 12.4 Å². The van der Waals surface area contributed by atoms with Gasteiger partial charge in [0.25, 0.3) is 0 Å². The van der Waals surface area contributed by atoms with Crippen molar-refractivity contribution in [3.63, 3.8) is 0 Å². The van der Waals surface area contributed by atoms with E-state index in [2.05, 4.69) is 5.32 Å². The molecule has 0 aliphatic carbocycles. The zero-order valence-corrected chi connectivity index (χ0v) is 7.19. The molecule has 0 saturated carbocycles. The Morgan fingerprint density at radius 3 is 3.08 bits per heavy atom. The van der Waals surface area contributed by atoms with Gasteiger partial charge in [0.15, 0.2) is 0 Å². The van der Waals surface area contributed by atoms with Gasteiger partial charge in [-0.3, -0.25) is 0 Å². The van der Waals surface area contributed by atoms with Crippen LogP contribution in [-0.2, 0) is 6.42 Å². The highest BCUT2D eigenvalue weighted by atomic mass is 19.1. The fraction of sp³-hybridized carbons (Fsp3) is 0.400. The number of para-hydroxylation sites is 1. The normalized spacial score (nSPS) is 21.5. The van der Waals surface area contributed by atoms with Crippen LogP contribution in [0.1, 0.15) is 12.0 Å². The fourth-order valence-electron chi connectivity index (χ4n) is 1.60. The summed E-state index contributed by atoms with van der Waals surface area (Å²) < 4.78 is 26.1. The molecule has 1 aliphatic rings. The number of hydrogen-bond acceptors (Lipinski definition) is 1. The van der Waals surface area contributed by atoms with Crippen molar-refractivity contribution in [1.29, 1.82) is 0 Å². The van der Waals surface area contributed by atoms with Crippen LogP contribution in [0.2, 0.25) is 0 Å². The number of fused-ring (bicyclic) bond motifs is 1. The number of halogens is 2. The van der Waals surface area contributed by atoms with Crippen LogP contribution < -0.4 is 5.32 Å². The monoisotopic (exact) mass is 183 g/mol. The first-order valence-electron chi connectivity index (χ1n) is 4.42. The molecule has 0 bridgehead atoms. The van der Waals surface area contributed by atoms with Crippen molar-refractivity contribution in [2.24, 2.45) is 0 Å². The second kappa shape index (κ2) is 3.32. The van der Waals surface area contributed by atoms with Crippen LogP contribution in [0.4, 0.5) is 14.5 Å². The predicted molar refractivity (Wildman–Crippen MR) is 48.1 cm³/mol. The Balaban J connectivity index is 2.35. The van der Waals surface area contributed by atoms with Crippen molar-refractivity contribution < 1.29 is 8.78 Å². The third-order valence-corrected chi connectivity index (χ3v) is 2.33. The number of rotatable bonds is 0. The van der Waals surface area contributed by atoms with Crippen molar-refractivity contribution in [2.75, 3.05) is 11.9 Å². The largest absolute Gasteiger partial charge is 0.380 e. The van der Waals surface area contributed by atoms with Gasteiger partial charge in [0, 0.05) is 6.54 Å². The van der Waals surface area contributed by atoms with Crippen molar-refractivity contribution >= 4 is 5.69 Å². The van der Waals surface area contributed by atoms with Gasteiger partial charge in [0.1, 0.15) is 12.0 Å².